The molecular formula is C10H9F3N6O. The number of tetrazole rings is 1. The molecule has 0 aliphatic heterocycles. The van der Waals surface area contributed by atoms with Crippen LogP contribution in [-0.2, 0) is 13.2 Å². The summed E-state index contributed by atoms with van der Waals surface area (Å²) in [6.07, 6.45) is -4.55. The molecule has 0 aromatic carbocycles. The molecule has 1 N–H and O–H groups in total. The van der Waals surface area contributed by atoms with E-state index in [4.69, 9.17) is 0 Å². The topological polar surface area (TPSA) is 85.6 Å². The molecule has 0 fully saturated rings. The van der Waals surface area contributed by atoms with Crippen LogP contribution in [0.4, 0.5) is 19.1 Å². The first-order chi connectivity index (χ1) is 9.29. The zero-order chi connectivity index (χ0) is 14.9. The van der Waals surface area contributed by atoms with Crippen molar-refractivity contribution < 1.29 is 18.0 Å². The molecule has 2 aromatic rings. The molecule has 1 amide bonds. The van der Waals surface area contributed by atoms with Gasteiger partial charge in [-0.1, -0.05) is 5.10 Å². The molecule has 106 valence electrons. The molecule has 0 aliphatic rings. The van der Waals surface area contributed by atoms with Crippen molar-refractivity contribution in [1.82, 2.24) is 25.2 Å². The highest BCUT2D eigenvalue weighted by Gasteiger charge is 2.33. The van der Waals surface area contributed by atoms with E-state index in [9.17, 15) is 18.0 Å². The number of hydrogen-bond acceptors (Lipinski definition) is 5. The van der Waals surface area contributed by atoms with E-state index in [2.05, 4.69) is 25.8 Å². The van der Waals surface area contributed by atoms with Gasteiger partial charge in [-0.25, -0.2) is 9.67 Å². The molecule has 0 saturated heterocycles. The summed E-state index contributed by atoms with van der Waals surface area (Å²) in [6, 6.07) is 1.81. The average Bonchev–Trinajstić information content (AvgIpc) is 2.73. The average molecular weight is 286 g/mol. The van der Waals surface area contributed by atoms with E-state index in [1.165, 1.54) is 18.7 Å². The van der Waals surface area contributed by atoms with Crippen LogP contribution in [0, 0.1) is 6.92 Å². The Morgan fingerprint density at radius 2 is 2.05 bits per heavy atom. The maximum absolute atomic E-state index is 12.5. The second kappa shape index (κ2) is 4.87. The standard InChI is InChI=1S/C10H9F3N6O/c1-5-6(3-4-7(14-5)10(11,12)13)8(20)15-9-16-17-18-19(9)2/h3-4H,1-2H3,(H,15,16,18,20). The third-order valence-corrected chi connectivity index (χ3v) is 2.47. The SMILES string of the molecule is Cc1nc(C(F)(F)F)ccc1C(=O)Nc1nnnn1C. The highest BCUT2D eigenvalue weighted by Crippen LogP contribution is 2.28. The van der Waals surface area contributed by atoms with Crippen molar-refractivity contribution in [2.24, 2.45) is 7.05 Å². The number of alkyl halides is 3. The largest absolute Gasteiger partial charge is 0.433 e. The molecular weight excluding hydrogens is 277 g/mol. The van der Waals surface area contributed by atoms with Crippen LogP contribution in [0.15, 0.2) is 12.1 Å². The first kappa shape index (κ1) is 13.9. The van der Waals surface area contributed by atoms with Crippen molar-refractivity contribution in [2.45, 2.75) is 13.1 Å². The van der Waals surface area contributed by atoms with Gasteiger partial charge in [-0.2, -0.15) is 13.2 Å². The van der Waals surface area contributed by atoms with E-state index in [0.29, 0.717) is 0 Å². The summed E-state index contributed by atoms with van der Waals surface area (Å²) >= 11 is 0. The van der Waals surface area contributed by atoms with E-state index in [1.807, 2.05) is 0 Å². The van der Waals surface area contributed by atoms with Gasteiger partial charge in [0.15, 0.2) is 0 Å². The summed E-state index contributed by atoms with van der Waals surface area (Å²) in [7, 11) is 1.51. The predicted molar refractivity (Wildman–Crippen MR) is 60.7 cm³/mol. The lowest BCUT2D eigenvalue weighted by Gasteiger charge is -2.09. The molecule has 0 aliphatic carbocycles. The van der Waals surface area contributed by atoms with Gasteiger partial charge in [-0.15, -0.1) is 0 Å². The van der Waals surface area contributed by atoms with E-state index < -0.39 is 17.8 Å². The lowest BCUT2D eigenvalue weighted by Crippen LogP contribution is -2.18. The molecule has 2 heterocycles. The first-order valence-corrected chi connectivity index (χ1v) is 5.37. The Morgan fingerprint density at radius 1 is 1.35 bits per heavy atom. The highest BCUT2D eigenvalue weighted by molar-refractivity contribution is 6.04. The lowest BCUT2D eigenvalue weighted by molar-refractivity contribution is -0.141. The predicted octanol–water partition coefficient (Wildman–Crippen LogP) is 1.18. The van der Waals surface area contributed by atoms with Crippen LogP contribution in [0.2, 0.25) is 0 Å². The summed E-state index contributed by atoms with van der Waals surface area (Å²) in [5, 5.41) is 12.7. The fourth-order valence-corrected chi connectivity index (χ4v) is 1.46. The molecule has 2 aromatic heterocycles. The number of aromatic nitrogens is 5. The zero-order valence-electron chi connectivity index (χ0n) is 10.4. The van der Waals surface area contributed by atoms with Gasteiger partial charge in [0.05, 0.1) is 11.3 Å². The third-order valence-electron chi connectivity index (χ3n) is 2.47. The molecule has 2 rings (SSSR count). The summed E-state index contributed by atoms with van der Waals surface area (Å²) in [5.74, 6) is -0.559. The van der Waals surface area contributed by atoms with Crippen LogP contribution >= 0.6 is 0 Å². The van der Waals surface area contributed by atoms with Crippen molar-refractivity contribution in [3.63, 3.8) is 0 Å². The molecule has 0 saturated carbocycles. The van der Waals surface area contributed by atoms with Crippen molar-refractivity contribution >= 4 is 11.9 Å². The normalized spacial score (nSPS) is 11.4. The second-order valence-corrected chi connectivity index (χ2v) is 3.91. The number of nitrogens with one attached hydrogen (secondary N) is 1. The number of amides is 1. The maximum atomic E-state index is 12.5. The van der Waals surface area contributed by atoms with E-state index >= 15 is 0 Å². The molecule has 0 spiro atoms. The van der Waals surface area contributed by atoms with E-state index in [-0.39, 0.29) is 17.2 Å². The smallest absolute Gasteiger partial charge is 0.289 e. The monoisotopic (exact) mass is 286 g/mol. The van der Waals surface area contributed by atoms with Crippen LogP contribution in [0.25, 0.3) is 0 Å². The number of rotatable bonds is 2. The summed E-state index contributed by atoms with van der Waals surface area (Å²) in [5.41, 5.74) is -1.07. The highest BCUT2D eigenvalue weighted by atomic mass is 19.4. The molecule has 10 heteroatoms. The number of halogens is 3. The van der Waals surface area contributed by atoms with Crippen molar-refractivity contribution in [3.05, 3.63) is 29.1 Å². The number of anilines is 1. The molecule has 0 atom stereocenters. The van der Waals surface area contributed by atoms with Crippen LogP contribution in [0.3, 0.4) is 0 Å². The Balaban J connectivity index is 2.25. The van der Waals surface area contributed by atoms with Crippen molar-refractivity contribution in [1.29, 1.82) is 0 Å². The van der Waals surface area contributed by atoms with Gasteiger partial charge in [-0.3, -0.25) is 10.1 Å². The third kappa shape index (κ3) is 2.73. The number of carbonyl (C=O) groups is 1. The van der Waals surface area contributed by atoms with Gasteiger partial charge in [0.2, 0.25) is 5.95 Å². The van der Waals surface area contributed by atoms with E-state index in [1.54, 1.807) is 0 Å². The minimum Gasteiger partial charge on any atom is -0.289 e. The Bertz CT molecular complexity index is 651. The molecule has 0 unspecified atom stereocenters. The van der Waals surface area contributed by atoms with Crippen molar-refractivity contribution in [2.75, 3.05) is 5.32 Å². The summed E-state index contributed by atoms with van der Waals surface area (Å²) in [4.78, 5) is 15.3. The van der Waals surface area contributed by atoms with Gasteiger partial charge < -0.3 is 0 Å². The van der Waals surface area contributed by atoms with Crippen LogP contribution in [0.5, 0.6) is 0 Å². The Labute approximate surface area is 110 Å². The number of aryl methyl sites for hydroxylation is 2. The Hall–Kier alpha value is -2.52. The van der Waals surface area contributed by atoms with Gasteiger partial charge >= 0.3 is 6.18 Å². The number of carbonyl (C=O) groups excluding carboxylic acids is 1. The molecule has 7 nitrogen and oxygen atoms in total. The lowest BCUT2D eigenvalue weighted by atomic mass is 10.1. The maximum Gasteiger partial charge on any atom is 0.433 e. The number of pyridine rings is 1. The Kier molecular flexibility index (Phi) is 3.38. The zero-order valence-corrected chi connectivity index (χ0v) is 10.4. The minimum atomic E-state index is -4.55. The van der Waals surface area contributed by atoms with Crippen LogP contribution in [-0.4, -0.2) is 31.1 Å². The first-order valence-electron chi connectivity index (χ1n) is 5.37. The van der Waals surface area contributed by atoms with E-state index in [0.717, 1.165) is 12.1 Å². The van der Waals surface area contributed by atoms with Crippen LogP contribution < -0.4 is 5.32 Å². The van der Waals surface area contributed by atoms with Gasteiger partial charge in [0, 0.05) is 7.05 Å². The second-order valence-electron chi connectivity index (χ2n) is 3.91. The fraction of sp³-hybridized carbons (Fsp3) is 0.300. The molecule has 0 radical (unpaired) electrons. The molecule has 0 bridgehead atoms. The summed E-state index contributed by atoms with van der Waals surface area (Å²) < 4.78 is 38.6. The van der Waals surface area contributed by atoms with Gasteiger partial charge in [-0.05, 0) is 29.5 Å². The summed E-state index contributed by atoms with van der Waals surface area (Å²) in [6.45, 7) is 1.32. The van der Waals surface area contributed by atoms with Crippen LogP contribution in [0.1, 0.15) is 21.7 Å². The van der Waals surface area contributed by atoms with Gasteiger partial charge in [0.25, 0.3) is 5.91 Å². The Morgan fingerprint density at radius 3 is 2.55 bits per heavy atom. The van der Waals surface area contributed by atoms with Gasteiger partial charge in [0.1, 0.15) is 5.69 Å². The molecule has 20 heavy (non-hydrogen) atoms. The van der Waals surface area contributed by atoms with Crippen molar-refractivity contribution in [3.8, 4) is 0 Å². The number of hydrogen-bond donors (Lipinski definition) is 1. The minimum absolute atomic E-state index is 0.0148. The fourth-order valence-electron chi connectivity index (χ4n) is 1.46. The number of nitrogens with zero attached hydrogens (tertiary/aromatic N) is 5. The quantitative estimate of drug-likeness (QED) is 0.896.